The quantitative estimate of drug-likeness (QED) is 0.759. The van der Waals surface area contributed by atoms with Crippen molar-refractivity contribution in [2.45, 2.75) is 20.4 Å². The van der Waals surface area contributed by atoms with E-state index in [1.807, 2.05) is 6.07 Å². The van der Waals surface area contributed by atoms with Crippen LogP contribution in [0.15, 0.2) is 23.1 Å². The molecule has 0 amide bonds. The number of carbonyl (C=O) groups excluding carboxylic acids is 1. The van der Waals surface area contributed by atoms with Crippen LogP contribution < -0.4 is 5.56 Å². The maximum Gasteiger partial charge on any atom is 0.339 e. The zero-order valence-electron chi connectivity index (χ0n) is 14.7. The van der Waals surface area contributed by atoms with E-state index in [0.717, 1.165) is 32.8 Å². The summed E-state index contributed by atoms with van der Waals surface area (Å²) in [5.41, 5.74) is 1.37. The zero-order valence-corrected chi connectivity index (χ0v) is 14.7. The number of nitrogens with zero attached hydrogens (tertiary/aromatic N) is 3. The molecule has 2 aromatic rings. The van der Waals surface area contributed by atoms with E-state index < -0.39 is 5.97 Å². The molecule has 3 rings (SSSR count). The van der Waals surface area contributed by atoms with E-state index in [1.165, 1.54) is 0 Å². The van der Waals surface area contributed by atoms with Gasteiger partial charge in [0.1, 0.15) is 0 Å². The highest BCUT2D eigenvalue weighted by Crippen LogP contribution is 2.14. The van der Waals surface area contributed by atoms with Crippen LogP contribution in [0, 0.1) is 6.92 Å². The van der Waals surface area contributed by atoms with Crippen molar-refractivity contribution < 1.29 is 14.3 Å². The molecule has 0 bridgehead atoms. The van der Waals surface area contributed by atoms with Crippen molar-refractivity contribution in [2.24, 2.45) is 0 Å². The van der Waals surface area contributed by atoms with Crippen LogP contribution in [-0.4, -0.2) is 59.9 Å². The minimum Gasteiger partial charge on any atom is -0.462 e. The first-order valence-corrected chi connectivity index (χ1v) is 8.58. The Kier molecular flexibility index (Phi) is 5.45. The fraction of sp³-hybridized carbons (Fsp3) is 0.500. The lowest BCUT2D eigenvalue weighted by atomic mass is 10.1. The molecular formula is C18H23N3O4. The van der Waals surface area contributed by atoms with Crippen molar-refractivity contribution >= 4 is 16.9 Å². The SMILES string of the molecule is CCOC(=O)c1cc2c(=O)n(CCN3CCOCC3)ccc2nc1C. The lowest BCUT2D eigenvalue weighted by molar-refractivity contribution is 0.0363. The van der Waals surface area contributed by atoms with Crippen LogP contribution in [0.25, 0.3) is 10.9 Å². The second kappa shape index (κ2) is 7.76. The summed E-state index contributed by atoms with van der Waals surface area (Å²) in [5.74, 6) is -0.447. The molecule has 0 aliphatic carbocycles. The first-order chi connectivity index (χ1) is 12.1. The van der Waals surface area contributed by atoms with Crippen LogP contribution in [0.2, 0.25) is 0 Å². The molecular weight excluding hydrogens is 322 g/mol. The number of esters is 1. The van der Waals surface area contributed by atoms with Crippen molar-refractivity contribution in [3.8, 4) is 0 Å². The Morgan fingerprint density at radius 3 is 2.80 bits per heavy atom. The van der Waals surface area contributed by atoms with Crippen molar-refractivity contribution in [1.29, 1.82) is 0 Å². The second-order valence-corrected chi connectivity index (χ2v) is 6.04. The Labute approximate surface area is 146 Å². The fourth-order valence-electron chi connectivity index (χ4n) is 2.97. The van der Waals surface area contributed by atoms with E-state index in [4.69, 9.17) is 9.47 Å². The Bertz CT molecular complexity index is 825. The summed E-state index contributed by atoms with van der Waals surface area (Å²) in [6.45, 7) is 8.41. The van der Waals surface area contributed by atoms with Crippen LogP contribution in [0.1, 0.15) is 23.0 Å². The van der Waals surface area contributed by atoms with Gasteiger partial charge in [-0.1, -0.05) is 0 Å². The molecule has 0 N–H and O–H groups in total. The lowest BCUT2D eigenvalue weighted by Crippen LogP contribution is -2.39. The van der Waals surface area contributed by atoms with Gasteiger partial charge in [0.05, 0.1) is 42.0 Å². The summed E-state index contributed by atoms with van der Waals surface area (Å²) in [4.78, 5) is 31.5. The van der Waals surface area contributed by atoms with Crippen molar-refractivity contribution in [2.75, 3.05) is 39.5 Å². The van der Waals surface area contributed by atoms with Gasteiger partial charge in [-0.2, -0.15) is 0 Å². The van der Waals surface area contributed by atoms with Gasteiger partial charge in [-0.05, 0) is 26.0 Å². The molecule has 0 unspecified atom stereocenters. The summed E-state index contributed by atoms with van der Waals surface area (Å²) in [6.07, 6.45) is 1.77. The summed E-state index contributed by atoms with van der Waals surface area (Å²) >= 11 is 0. The summed E-state index contributed by atoms with van der Waals surface area (Å²) < 4.78 is 12.1. The van der Waals surface area contributed by atoms with Crippen molar-refractivity contribution in [1.82, 2.24) is 14.5 Å². The molecule has 25 heavy (non-hydrogen) atoms. The summed E-state index contributed by atoms with van der Waals surface area (Å²) in [7, 11) is 0. The Morgan fingerprint density at radius 1 is 1.32 bits per heavy atom. The molecule has 1 aliphatic heterocycles. The van der Waals surface area contributed by atoms with Crippen molar-refractivity contribution in [3.05, 3.63) is 39.9 Å². The molecule has 2 aromatic heterocycles. The standard InChI is InChI=1S/C18H23N3O4/c1-3-25-18(23)14-12-15-16(19-13(14)2)4-5-21(17(15)22)7-6-20-8-10-24-11-9-20/h4-5,12H,3,6-11H2,1-2H3. The van der Waals surface area contributed by atoms with E-state index in [0.29, 0.717) is 28.7 Å². The molecule has 0 saturated carbocycles. The maximum absolute atomic E-state index is 12.8. The average molecular weight is 345 g/mol. The molecule has 7 nitrogen and oxygen atoms in total. The van der Waals surface area contributed by atoms with E-state index in [-0.39, 0.29) is 12.2 Å². The van der Waals surface area contributed by atoms with Gasteiger partial charge in [0.25, 0.3) is 5.56 Å². The molecule has 1 fully saturated rings. The molecule has 0 spiro atoms. The minimum atomic E-state index is -0.447. The number of hydrogen-bond acceptors (Lipinski definition) is 6. The van der Waals surface area contributed by atoms with Gasteiger partial charge in [0, 0.05) is 32.4 Å². The number of carbonyl (C=O) groups is 1. The van der Waals surface area contributed by atoms with E-state index >= 15 is 0 Å². The third-order valence-corrected chi connectivity index (χ3v) is 4.40. The highest BCUT2D eigenvalue weighted by molar-refractivity contribution is 5.94. The van der Waals surface area contributed by atoms with Gasteiger partial charge in [0.15, 0.2) is 0 Å². The summed E-state index contributed by atoms with van der Waals surface area (Å²) in [6, 6.07) is 3.42. The van der Waals surface area contributed by atoms with Gasteiger partial charge < -0.3 is 14.0 Å². The Balaban J connectivity index is 1.88. The van der Waals surface area contributed by atoms with E-state index in [1.54, 1.807) is 30.7 Å². The zero-order chi connectivity index (χ0) is 17.8. The minimum absolute atomic E-state index is 0.135. The monoisotopic (exact) mass is 345 g/mol. The third kappa shape index (κ3) is 3.88. The largest absolute Gasteiger partial charge is 0.462 e. The number of ether oxygens (including phenoxy) is 2. The number of hydrogen-bond donors (Lipinski definition) is 0. The first-order valence-electron chi connectivity index (χ1n) is 8.58. The normalized spacial score (nSPS) is 15.4. The van der Waals surface area contributed by atoms with Gasteiger partial charge in [-0.25, -0.2) is 4.79 Å². The van der Waals surface area contributed by atoms with Crippen LogP contribution in [0.4, 0.5) is 0 Å². The molecule has 0 radical (unpaired) electrons. The predicted molar refractivity (Wildman–Crippen MR) is 94.0 cm³/mol. The number of fused-ring (bicyclic) bond motifs is 1. The summed E-state index contributed by atoms with van der Waals surface area (Å²) in [5, 5.41) is 0.443. The van der Waals surface area contributed by atoms with Crippen molar-refractivity contribution in [3.63, 3.8) is 0 Å². The number of morpholine rings is 1. The predicted octanol–water partition coefficient (Wildman–Crippen LogP) is 1.21. The van der Waals surface area contributed by atoms with Gasteiger partial charge in [-0.3, -0.25) is 14.7 Å². The molecule has 1 aliphatic rings. The highest BCUT2D eigenvalue weighted by Gasteiger charge is 2.15. The molecule has 1 saturated heterocycles. The maximum atomic E-state index is 12.8. The molecule has 134 valence electrons. The number of aromatic nitrogens is 2. The first kappa shape index (κ1) is 17.6. The molecule has 0 aromatic carbocycles. The number of aryl methyl sites for hydroxylation is 1. The van der Waals surface area contributed by atoms with Gasteiger partial charge in [-0.15, -0.1) is 0 Å². The van der Waals surface area contributed by atoms with Crippen LogP contribution in [-0.2, 0) is 16.0 Å². The van der Waals surface area contributed by atoms with Gasteiger partial charge in [0.2, 0.25) is 0 Å². The molecule has 0 atom stereocenters. The average Bonchev–Trinajstić information content (AvgIpc) is 2.62. The van der Waals surface area contributed by atoms with Crippen LogP contribution in [0.5, 0.6) is 0 Å². The number of rotatable bonds is 5. The van der Waals surface area contributed by atoms with Crippen LogP contribution >= 0.6 is 0 Å². The topological polar surface area (TPSA) is 73.7 Å². The van der Waals surface area contributed by atoms with Gasteiger partial charge >= 0.3 is 5.97 Å². The van der Waals surface area contributed by atoms with Crippen LogP contribution in [0.3, 0.4) is 0 Å². The Morgan fingerprint density at radius 2 is 2.08 bits per heavy atom. The second-order valence-electron chi connectivity index (χ2n) is 6.04. The highest BCUT2D eigenvalue weighted by atomic mass is 16.5. The Hall–Kier alpha value is -2.25. The van der Waals surface area contributed by atoms with E-state index in [2.05, 4.69) is 9.88 Å². The van der Waals surface area contributed by atoms with E-state index in [9.17, 15) is 9.59 Å². The fourth-order valence-corrected chi connectivity index (χ4v) is 2.97. The number of pyridine rings is 2. The molecule has 3 heterocycles. The smallest absolute Gasteiger partial charge is 0.339 e. The lowest BCUT2D eigenvalue weighted by Gasteiger charge is -2.26. The molecule has 7 heteroatoms. The third-order valence-electron chi connectivity index (χ3n) is 4.40.